The van der Waals surface area contributed by atoms with Crippen molar-refractivity contribution in [3.63, 3.8) is 0 Å². The molecule has 0 heterocycles. The molecule has 0 aromatic carbocycles. The van der Waals surface area contributed by atoms with E-state index in [1.807, 2.05) is 6.08 Å². The maximum absolute atomic E-state index is 12.2. The number of hydrogen-bond acceptors (Lipinski definition) is 3. The van der Waals surface area contributed by atoms with E-state index < -0.39 is 0 Å². The predicted molar refractivity (Wildman–Crippen MR) is 92.2 cm³/mol. The highest BCUT2D eigenvalue weighted by atomic mass is 16.3. The zero-order chi connectivity index (χ0) is 17.1. The molecule has 0 radical (unpaired) electrons. The first-order chi connectivity index (χ1) is 11.4. The van der Waals surface area contributed by atoms with E-state index in [-0.39, 0.29) is 34.9 Å². The highest BCUT2D eigenvalue weighted by Crippen LogP contribution is 2.64. The lowest BCUT2D eigenvalue weighted by molar-refractivity contribution is -0.129. The average Bonchev–Trinajstić information content (AvgIpc) is 2.92. The number of aliphatic hydroxyl groups excluding tert-OH is 1. The molecule has 1 N–H and O–H groups in total. The van der Waals surface area contributed by atoms with E-state index in [1.165, 1.54) is 11.1 Å². The van der Waals surface area contributed by atoms with Gasteiger partial charge in [-0.3, -0.25) is 9.59 Å². The fourth-order valence-corrected chi connectivity index (χ4v) is 6.13. The van der Waals surface area contributed by atoms with Gasteiger partial charge in [-0.05, 0) is 61.5 Å². The molecule has 0 bridgehead atoms. The van der Waals surface area contributed by atoms with Crippen molar-refractivity contribution < 1.29 is 14.7 Å². The lowest BCUT2D eigenvalue weighted by Gasteiger charge is -2.55. The average molecular weight is 326 g/mol. The summed E-state index contributed by atoms with van der Waals surface area (Å²) in [6.45, 7) is 4.17. The minimum Gasteiger partial charge on any atom is -0.389 e. The third-order valence-corrected chi connectivity index (χ3v) is 7.50. The van der Waals surface area contributed by atoms with Crippen LogP contribution < -0.4 is 0 Å². The molecule has 0 unspecified atom stereocenters. The van der Waals surface area contributed by atoms with Gasteiger partial charge in [0.25, 0.3) is 0 Å². The molecule has 0 saturated heterocycles. The summed E-state index contributed by atoms with van der Waals surface area (Å²) in [5.41, 5.74) is 2.66. The van der Waals surface area contributed by atoms with Crippen molar-refractivity contribution in [3.05, 3.63) is 35.5 Å². The van der Waals surface area contributed by atoms with Gasteiger partial charge in [0, 0.05) is 11.3 Å². The molecule has 24 heavy (non-hydrogen) atoms. The van der Waals surface area contributed by atoms with Crippen molar-refractivity contribution >= 4 is 11.6 Å². The standard InChI is InChI=1S/C21H26O3/c1-20-9-7-14(23)11-13(20)3-4-15-16-5-6-18(19(24)12-22)21(16,2)10-8-17(15)20/h5,7,9,11,15,17-18,22H,3-4,6,8,10,12H2,1-2H3/t15-,17-,18+,20-,21-/m0/s1. The van der Waals surface area contributed by atoms with Crippen LogP contribution in [0.25, 0.3) is 0 Å². The Bertz CT molecular complexity index is 698. The van der Waals surface area contributed by atoms with Crippen molar-refractivity contribution in [2.75, 3.05) is 6.61 Å². The topological polar surface area (TPSA) is 54.4 Å². The van der Waals surface area contributed by atoms with E-state index in [0.717, 1.165) is 32.1 Å². The second-order valence-electron chi connectivity index (χ2n) is 8.47. The Balaban J connectivity index is 1.68. The highest BCUT2D eigenvalue weighted by Gasteiger charge is 2.56. The molecule has 5 atom stereocenters. The molecule has 0 aromatic rings. The Hall–Kier alpha value is -1.48. The molecule has 0 aliphatic heterocycles. The monoisotopic (exact) mass is 326 g/mol. The van der Waals surface area contributed by atoms with Gasteiger partial charge >= 0.3 is 0 Å². The first kappa shape index (κ1) is 16.0. The molecule has 128 valence electrons. The van der Waals surface area contributed by atoms with Gasteiger partial charge in [-0.25, -0.2) is 0 Å². The minimum atomic E-state index is -0.342. The fraction of sp³-hybridized carbons (Fsp3) is 0.619. The van der Waals surface area contributed by atoms with Crippen molar-refractivity contribution in [3.8, 4) is 0 Å². The van der Waals surface area contributed by atoms with Crippen LogP contribution in [0.4, 0.5) is 0 Å². The largest absolute Gasteiger partial charge is 0.389 e. The van der Waals surface area contributed by atoms with E-state index in [1.54, 1.807) is 6.08 Å². The Morgan fingerprint density at radius 3 is 2.88 bits per heavy atom. The molecule has 3 heteroatoms. The van der Waals surface area contributed by atoms with Gasteiger partial charge in [-0.2, -0.15) is 0 Å². The Morgan fingerprint density at radius 1 is 1.33 bits per heavy atom. The Labute approximate surface area is 143 Å². The Kier molecular flexibility index (Phi) is 3.51. The second kappa shape index (κ2) is 5.26. The number of ketones is 2. The summed E-state index contributed by atoms with van der Waals surface area (Å²) in [7, 11) is 0. The van der Waals surface area contributed by atoms with Crippen LogP contribution in [0.15, 0.2) is 35.5 Å². The summed E-state index contributed by atoms with van der Waals surface area (Å²) >= 11 is 0. The normalized spacial score (nSPS) is 43.5. The number of hydrogen-bond donors (Lipinski definition) is 1. The molecule has 0 spiro atoms. The van der Waals surface area contributed by atoms with Crippen LogP contribution in [-0.4, -0.2) is 23.3 Å². The number of Topliss-reactive ketones (excluding diaryl/α,β-unsaturated/α-hetero) is 1. The van der Waals surface area contributed by atoms with E-state index in [2.05, 4.69) is 26.0 Å². The molecule has 0 amide bonds. The van der Waals surface area contributed by atoms with E-state index in [9.17, 15) is 14.7 Å². The third-order valence-electron chi connectivity index (χ3n) is 7.50. The van der Waals surface area contributed by atoms with E-state index >= 15 is 0 Å². The molecule has 4 aliphatic rings. The maximum atomic E-state index is 12.2. The van der Waals surface area contributed by atoms with Gasteiger partial charge in [-0.15, -0.1) is 0 Å². The van der Waals surface area contributed by atoms with Crippen LogP contribution in [0.1, 0.15) is 46.0 Å². The summed E-state index contributed by atoms with van der Waals surface area (Å²) < 4.78 is 0. The number of fused-ring (bicyclic) bond motifs is 5. The minimum absolute atomic E-state index is 0.00651. The van der Waals surface area contributed by atoms with Gasteiger partial charge in [-0.1, -0.05) is 37.1 Å². The first-order valence-electron chi connectivity index (χ1n) is 9.18. The van der Waals surface area contributed by atoms with Gasteiger partial charge in [0.15, 0.2) is 11.6 Å². The lowest BCUT2D eigenvalue weighted by Crippen LogP contribution is -2.47. The number of carbonyl (C=O) groups is 2. The fourth-order valence-electron chi connectivity index (χ4n) is 6.13. The number of aliphatic hydroxyl groups is 1. The smallest absolute Gasteiger partial charge is 0.178 e. The number of carbonyl (C=O) groups excluding carboxylic acids is 2. The first-order valence-corrected chi connectivity index (χ1v) is 9.18. The zero-order valence-corrected chi connectivity index (χ0v) is 14.5. The zero-order valence-electron chi connectivity index (χ0n) is 14.5. The van der Waals surface area contributed by atoms with E-state index in [0.29, 0.717) is 11.8 Å². The number of rotatable bonds is 2. The van der Waals surface area contributed by atoms with E-state index in [4.69, 9.17) is 0 Å². The molecule has 4 rings (SSSR count). The third kappa shape index (κ3) is 2.00. The quantitative estimate of drug-likeness (QED) is 0.791. The summed E-state index contributed by atoms with van der Waals surface area (Å²) in [4.78, 5) is 24.0. The summed E-state index contributed by atoms with van der Waals surface area (Å²) in [6.07, 6.45) is 12.9. The second-order valence-corrected chi connectivity index (χ2v) is 8.47. The van der Waals surface area contributed by atoms with Crippen molar-refractivity contribution in [1.82, 2.24) is 0 Å². The van der Waals surface area contributed by atoms with Crippen LogP contribution in [0.2, 0.25) is 0 Å². The highest BCUT2D eigenvalue weighted by molar-refractivity contribution is 6.01. The molecular formula is C21H26O3. The summed E-state index contributed by atoms with van der Waals surface area (Å²) in [6, 6.07) is 0. The van der Waals surface area contributed by atoms with Crippen LogP contribution >= 0.6 is 0 Å². The van der Waals surface area contributed by atoms with Crippen LogP contribution in [0, 0.1) is 28.6 Å². The van der Waals surface area contributed by atoms with Gasteiger partial charge in [0.2, 0.25) is 0 Å². The molecule has 2 fully saturated rings. The summed E-state index contributed by atoms with van der Waals surface area (Å²) in [5, 5.41) is 9.33. The molecular weight excluding hydrogens is 300 g/mol. The van der Waals surface area contributed by atoms with Gasteiger partial charge in [0.1, 0.15) is 6.61 Å². The van der Waals surface area contributed by atoms with Gasteiger partial charge < -0.3 is 5.11 Å². The molecule has 4 aliphatic carbocycles. The molecule has 0 aromatic heterocycles. The van der Waals surface area contributed by atoms with Crippen LogP contribution in [-0.2, 0) is 9.59 Å². The maximum Gasteiger partial charge on any atom is 0.178 e. The Morgan fingerprint density at radius 2 is 2.12 bits per heavy atom. The van der Waals surface area contributed by atoms with Crippen molar-refractivity contribution in [2.24, 2.45) is 28.6 Å². The van der Waals surface area contributed by atoms with Crippen LogP contribution in [0.5, 0.6) is 0 Å². The van der Waals surface area contributed by atoms with Crippen molar-refractivity contribution in [2.45, 2.75) is 46.0 Å². The predicted octanol–water partition coefficient (Wildman–Crippen LogP) is 3.39. The molecule has 3 nitrogen and oxygen atoms in total. The SMILES string of the molecule is C[C@]12C=CC(=O)C=C1CC[C@H]1C3=CC[C@H](C(=O)CO)[C@@]3(C)CC[C@@H]12. The molecule has 2 saturated carbocycles. The van der Waals surface area contributed by atoms with Crippen molar-refractivity contribution in [1.29, 1.82) is 0 Å². The van der Waals surface area contributed by atoms with Crippen LogP contribution in [0.3, 0.4) is 0 Å². The number of allylic oxidation sites excluding steroid dienone is 6. The summed E-state index contributed by atoms with van der Waals surface area (Å²) in [5.74, 6) is 1.08. The van der Waals surface area contributed by atoms with Gasteiger partial charge in [0.05, 0.1) is 0 Å². The lowest BCUT2D eigenvalue weighted by atomic mass is 9.49.